The number of benzene rings is 1. The largest absolute Gasteiger partial charge is 0.434 e. The third kappa shape index (κ3) is 3.51. The molecule has 2 aliphatic heterocycles. The Hall–Kier alpha value is -3.37. The van der Waals surface area contributed by atoms with Crippen LogP contribution in [0.25, 0.3) is 5.69 Å². The molecule has 1 aromatic carbocycles. The molecule has 32 heavy (non-hydrogen) atoms. The highest BCUT2D eigenvalue weighted by atomic mass is 19.4. The quantitative estimate of drug-likeness (QED) is 0.574. The molecule has 7 nitrogen and oxygen atoms in total. The van der Waals surface area contributed by atoms with Crippen LogP contribution in [0.1, 0.15) is 41.0 Å². The summed E-state index contributed by atoms with van der Waals surface area (Å²) in [5.41, 5.74) is -0.404. The maximum atomic E-state index is 14.6. The van der Waals surface area contributed by atoms with Crippen LogP contribution in [0.15, 0.2) is 43.0 Å². The van der Waals surface area contributed by atoms with Gasteiger partial charge in [-0.3, -0.25) is 9.78 Å². The van der Waals surface area contributed by atoms with Crippen molar-refractivity contribution in [3.05, 3.63) is 65.8 Å². The van der Waals surface area contributed by atoms with Crippen molar-refractivity contribution in [1.29, 1.82) is 0 Å². The second-order valence-electron chi connectivity index (χ2n) is 8.06. The standard InChI is InChI=1S/C21H18F4N6O/c22-16-3-1-2-15(19(16)31-28-6-7-29-31)20(32)30-14-4-5-17(30)12(9-14)8-13-10-27-18(11-26-13)21(23,24)25/h1-3,6-7,10-12,14,17H,4-5,8-9H2. The van der Waals surface area contributed by atoms with Crippen LogP contribution < -0.4 is 0 Å². The molecule has 2 saturated heterocycles. The summed E-state index contributed by atoms with van der Waals surface area (Å²) >= 11 is 0. The van der Waals surface area contributed by atoms with Crippen molar-refractivity contribution in [1.82, 2.24) is 29.9 Å². The average Bonchev–Trinajstić information content (AvgIpc) is 3.49. The van der Waals surface area contributed by atoms with Gasteiger partial charge in [-0.15, -0.1) is 4.80 Å². The zero-order valence-electron chi connectivity index (χ0n) is 16.7. The minimum absolute atomic E-state index is 0.000967. The van der Waals surface area contributed by atoms with Crippen LogP contribution in [0.3, 0.4) is 0 Å². The first kappa shape index (κ1) is 20.5. The Morgan fingerprint density at radius 1 is 1.09 bits per heavy atom. The van der Waals surface area contributed by atoms with Crippen molar-refractivity contribution >= 4 is 5.91 Å². The number of fused-ring (bicyclic) bond motifs is 2. The van der Waals surface area contributed by atoms with E-state index in [0.29, 0.717) is 18.5 Å². The summed E-state index contributed by atoms with van der Waals surface area (Å²) in [6.07, 6.45) is 2.90. The molecule has 0 saturated carbocycles. The van der Waals surface area contributed by atoms with E-state index >= 15 is 0 Å². The van der Waals surface area contributed by atoms with Gasteiger partial charge < -0.3 is 4.90 Å². The summed E-state index contributed by atoms with van der Waals surface area (Å²) in [6, 6.07) is 4.17. The maximum absolute atomic E-state index is 14.6. The summed E-state index contributed by atoms with van der Waals surface area (Å²) in [5, 5.41) is 7.93. The first-order valence-electron chi connectivity index (χ1n) is 10.2. The fourth-order valence-corrected chi connectivity index (χ4v) is 4.89. The van der Waals surface area contributed by atoms with Crippen molar-refractivity contribution in [3.63, 3.8) is 0 Å². The lowest BCUT2D eigenvalue weighted by Gasteiger charge is -2.25. The van der Waals surface area contributed by atoms with E-state index < -0.39 is 17.7 Å². The second kappa shape index (κ2) is 7.64. The molecule has 0 spiro atoms. The number of aromatic nitrogens is 5. The normalized spacial score (nSPS) is 22.5. The van der Waals surface area contributed by atoms with E-state index in [-0.39, 0.29) is 35.2 Å². The number of hydrogen-bond acceptors (Lipinski definition) is 5. The van der Waals surface area contributed by atoms with Gasteiger partial charge in [-0.25, -0.2) is 9.37 Å². The fourth-order valence-electron chi connectivity index (χ4n) is 4.89. The zero-order valence-corrected chi connectivity index (χ0v) is 16.7. The van der Waals surface area contributed by atoms with Gasteiger partial charge in [0.25, 0.3) is 5.91 Å². The Bertz CT molecular complexity index is 1130. The van der Waals surface area contributed by atoms with Gasteiger partial charge in [0.15, 0.2) is 11.5 Å². The number of rotatable bonds is 4. The molecule has 2 fully saturated rings. The van der Waals surface area contributed by atoms with Gasteiger partial charge in [-0.2, -0.15) is 23.4 Å². The van der Waals surface area contributed by atoms with Crippen LogP contribution in [0.4, 0.5) is 17.6 Å². The van der Waals surface area contributed by atoms with Gasteiger partial charge in [0, 0.05) is 18.3 Å². The van der Waals surface area contributed by atoms with Crippen molar-refractivity contribution in [2.45, 2.75) is 43.9 Å². The number of carbonyl (C=O) groups excluding carboxylic acids is 1. The highest BCUT2D eigenvalue weighted by Crippen LogP contribution is 2.44. The maximum Gasteiger partial charge on any atom is 0.434 e. The van der Waals surface area contributed by atoms with Crippen LogP contribution in [0, 0.1) is 11.7 Å². The minimum atomic E-state index is -4.53. The van der Waals surface area contributed by atoms with Crippen LogP contribution in [-0.4, -0.2) is 47.9 Å². The molecule has 166 valence electrons. The monoisotopic (exact) mass is 446 g/mol. The Morgan fingerprint density at radius 2 is 1.88 bits per heavy atom. The van der Waals surface area contributed by atoms with Gasteiger partial charge >= 0.3 is 6.18 Å². The molecule has 3 unspecified atom stereocenters. The number of carbonyl (C=O) groups is 1. The van der Waals surface area contributed by atoms with Gasteiger partial charge in [0.1, 0.15) is 5.69 Å². The van der Waals surface area contributed by atoms with E-state index in [0.717, 1.165) is 30.0 Å². The SMILES string of the molecule is O=C(c1cccc(F)c1-n1nccn1)N1C2CCC1C(Cc1cnc(C(F)(F)F)cn1)C2. The minimum Gasteiger partial charge on any atom is -0.332 e. The number of amides is 1. The topological polar surface area (TPSA) is 76.8 Å². The van der Waals surface area contributed by atoms with Crippen LogP contribution >= 0.6 is 0 Å². The van der Waals surface area contributed by atoms with E-state index in [1.54, 1.807) is 11.0 Å². The summed E-state index contributed by atoms with van der Waals surface area (Å²) in [4.78, 5) is 23.7. The van der Waals surface area contributed by atoms with Crippen molar-refractivity contribution in [3.8, 4) is 5.69 Å². The van der Waals surface area contributed by atoms with E-state index in [2.05, 4.69) is 20.2 Å². The molecule has 0 aliphatic carbocycles. The molecule has 0 N–H and O–H groups in total. The van der Waals surface area contributed by atoms with Gasteiger partial charge in [-0.1, -0.05) is 6.07 Å². The number of halogens is 4. The molecular weight excluding hydrogens is 428 g/mol. The summed E-state index contributed by atoms with van der Waals surface area (Å²) in [5.74, 6) is -0.857. The molecule has 2 bridgehead atoms. The molecule has 4 heterocycles. The van der Waals surface area contributed by atoms with Crippen LogP contribution in [0.2, 0.25) is 0 Å². The van der Waals surface area contributed by atoms with Crippen LogP contribution in [-0.2, 0) is 12.6 Å². The Balaban J connectivity index is 1.38. The average molecular weight is 446 g/mol. The first-order valence-corrected chi connectivity index (χ1v) is 10.2. The molecule has 0 radical (unpaired) electrons. The highest BCUT2D eigenvalue weighted by Gasteiger charge is 2.49. The van der Waals surface area contributed by atoms with Gasteiger partial charge in [0.2, 0.25) is 0 Å². The van der Waals surface area contributed by atoms with E-state index in [1.165, 1.54) is 24.5 Å². The number of para-hydroxylation sites is 1. The second-order valence-corrected chi connectivity index (χ2v) is 8.06. The summed E-state index contributed by atoms with van der Waals surface area (Å²) in [7, 11) is 0. The third-order valence-corrected chi connectivity index (χ3v) is 6.20. The number of alkyl halides is 3. The predicted octanol–water partition coefficient (Wildman–Crippen LogP) is 3.45. The molecule has 11 heteroatoms. The molecule has 2 aliphatic rings. The van der Waals surface area contributed by atoms with Crippen molar-refractivity contribution in [2.75, 3.05) is 0 Å². The zero-order chi connectivity index (χ0) is 22.5. The Labute approximate surface area is 180 Å². The van der Waals surface area contributed by atoms with Gasteiger partial charge in [0.05, 0.1) is 29.8 Å². The van der Waals surface area contributed by atoms with Crippen molar-refractivity contribution < 1.29 is 22.4 Å². The first-order chi connectivity index (χ1) is 15.3. The van der Waals surface area contributed by atoms with Gasteiger partial charge in [-0.05, 0) is 43.7 Å². The van der Waals surface area contributed by atoms with Crippen LogP contribution in [0.5, 0.6) is 0 Å². The third-order valence-electron chi connectivity index (χ3n) is 6.20. The lowest BCUT2D eigenvalue weighted by molar-refractivity contribution is -0.141. The molecule has 2 aromatic heterocycles. The fraction of sp³-hybridized carbons (Fsp3) is 0.381. The smallest absolute Gasteiger partial charge is 0.332 e. The molecule has 5 rings (SSSR count). The lowest BCUT2D eigenvalue weighted by Crippen LogP contribution is -2.37. The molecule has 3 aromatic rings. The Kier molecular flexibility index (Phi) is 4.90. The highest BCUT2D eigenvalue weighted by molar-refractivity contribution is 5.98. The van der Waals surface area contributed by atoms with E-state index in [1.807, 2.05) is 0 Å². The molecule has 3 atom stereocenters. The molecule has 1 amide bonds. The number of hydrogen-bond donors (Lipinski definition) is 0. The van der Waals surface area contributed by atoms with E-state index in [9.17, 15) is 22.4 Å². The predicted molar refractivity (Wildman–Crippen MR) is 103 cm³/mol. The summed E-state index contributed by atoms with van der Waals surface area (Å²) < 4.78 is 52.8. The molecular formula is C21H18F4N6O. The van der Waals surface area contributed by atoms with Crippen molar-refractivity contribution in [2.24, 2.45) is 5.92 Å². The Morgan fingerprint density at radius 3 is 2.56 bits per heavy atom. The van der Waals surface area contributed by atoms with E-state index in [4.69, 9.17) is 0 Å². The summed E-state index contributed by atoms with van der Waals surface area (Å²) in [6.45, 7) is 0. The number of nitrogens with zero attached hydrogens (tertiary/aromatic N) is 6. The lowest BCUT2D eigenvalue weighted by atomic mass is 9.86.